The first-order valence-electron chi connectivity index (χ1n) is 5.29. The van der Waals surface area contributed by atoms with Crippen molar-refractivity contribution in [2.45, 2.75) is 12.7 Å². The molecule has 2 aromatic heterocycles. The van der Waals surface area contributed by atoms with Gasteiger partial charge in [0, 0.05) is 19.2 Å². The van der Waals surface area contributed by atoms with E-state index in [1.807, 2.05) is 0 Å². The molecule has 0 aliphatic carbocycles. The molecule has 0 amide bonds. The Kier molecular flexibility index (Phi) is 3.27. The van der Waals surface area contributed by atoms with Crippen LogP contribution >= 0.6 is 0 Å². The molecule has 0 saturated heterocycles. The van der Waals surface area contributed by atoms with Gasteiger partial charge in [0.1, 0.15) is 5.82 Å². The number of rotatable bonds is 2. The van der Waals surface area contributed by atoms with Crippen molar-refractivity contribution in [3.8, 4) is 11.4 Å². The average molecular weight is 274 g/mol. The van der Waals surface area contributed by atoms with E-state index in [1.165, 1.54) is 13.1 Å². The van der Waals surface area contributed by atoms with E-state index in [4.69, 9.17) is 5.73 Å². The summed E-state index contributed by atoms with van der Waals surface area (Å²) in [4.78, 5) is 3.75. The Morgan fingerprint density at radius 1 is 1.32 bits per heavy atom. The maximum Gasteiger partial charge on any atom is 0.435 e. The Balaban J connectivity index is 2.50. The van der Waals surface area contributed by atoms with Gasteiger partial charge in [-0.3, -0.25) is 9.67 Å². The average Bonchev–Trinajstić information content (AvgIpc) is 2.72. The van der Waals surface area contributed by atoms with Crippen LogP contribution in [0.5, 0.6) is 0 Å². The van der Waals surface area contributed by atoms with Crippen LogP contribution in [0, 0.1) is 5.82 Å². The molecule has 2 heterocycles. The number of alkyl halides is 3. The van der Waals surface area contributed by atoms with Crippen LogP contribution in [-0.2, 0) is 19.8 Å². The standard InChI is InChI=1S/C11H10F4N4/c1-19-9(3-10(18-19)11(13,14)15)8-2-6(4-16)7(12)5-17-8/h2-3,5H,4,16H2,1H3. The summed E-state index contributed by atoms with van der Waals surface area (Å²) in [5.74, 6) is -0.593. The zero-order chi connectivity index (χ0) is 14.2. The predicted molar refractivity (Wildman–Crippen MR) is 59.3 cm³/mol. The third kappa shape index (κ3) is 2.58. The Bertz CT molecular complexity index is 603. The molecule has 0 aliphatic heterocycles. The summed E-state index contributed by atoms with van der Waals surface area (Å²) in [7, 11) is 1.36. The highest BCUT2D eigenvalue weighted by atomic mass is 19.4. The maximum absolute atomic E-state index is 13.2. The van der Waals surface area contributed by atoms with Crippen LogP contribution in [0.3, 0.4) is 0 Å². The fourth-order valence-corrected chi connectivity index (χ4v) is 1.62. The first kappa shape index (κ1) is 13.5. The Morgan fingerprint density at radius 2 is 2.00 bits per heavy atom. The molecule has 2 aromatic rings. The molecule has 102 valence electrons. The molecule has 0 bridgehead atoms. The summed E-state index contributed by atoms with van der Waals surface area (Å²) in [5, 5.41) is 3.36. The van der Waals surface area contributed by atoms with E-state index in [0.29, 0.717) is 0 Å². The van der Waals surface area contributed by atoms with Gasteiger partial charge in [-0.25, -0.2) is 4.39 Å². The molecule has 0 fully saturated rings. The van der Waals surface area contributed by atoms with Gasteiger partial charge in [0.15, 0.2) is 5.69 Å². The molecular weight excluding hydrogens is 264 g/mol. The third-order valence-corrected chi connectivity index (χ3v) is 2.59. The summed E-state index contributed by atoms with van der Waals surface area (Å²) in [5.41, 5.74) is 4.83. The van der Waals surface area contributed by atoms with E-state index >= 15 is 0 Å². The molecule has 2 rings (SSSR count). The van der Waals surface area contributed by atoms with Crippen molar-refractivity contribution < 1.29 is 17.6 Å². The van der Waals surface area contributed by atoms with Crippen molar-refractivity contribution in [3.63, 3.8) is 0 Å². The fraction of sp³-hybridized carbons (Fsp3) is 0.273. The Hall–Kier alpha value is -1.96. The minimum atomic E-state index is -4.53. The highest BCUT2D eigenvalue weighted by Crippen LogP contribution is 2.31. The maximum atomic E-state index is 13.2. The molecule has 8 heteroatoms. The molecule has 0 unspecified atom stereocenters. The predicted octanol–water partition coefficient (Wildman–Crippen LogP) is 2.10. The molecule has 0 saturated carbocycles. The summed E-state index contributed by atoms with van der Waals surface area (Å²) in [6, 6.07) is 2.17. The second kappa shape index (κ2) is 4.61. The number of halogens is 4. The molecule has 4 nitrogen and oxygen atoms in total. The molecule has 0 atom stereocenters. The molecule has 0 aromatic carbocycles. The van der Waals surface area contributed by atoms with Gasteiger partial charge in [-0.1, -0.05) is 0 Å². The highest BCUT2D eigenvalue weighted by Gasteiger charge is 2.34. The van der Waals surface area contributed by atoms with Crippen molar-refractivity contribution in [2.75, 3.05) is 0 Å². The summed E-state index contributed by atoms with van der Waals surface area (Å²) < 4.78 is 51.9. The van der Waals surface area contributed by atoms with Crippen molar-refractivity contribution in [3.05, 3.63) is 35.4 Å². The molecule has 0 spiro atoms. The van der Waals surface area contributed by atoms with Gasteiger partial charge in [0.25, 0.3) is 0 Å². The Morgan fingerprint density at radius 3 is 2.53 bits per heavy atom. The topological polar surface area (TPSA) is 56.7 Å². The lowest BCUT2D eigenvalue weighted by Crippen LogP contribution is -2.06. The number of nitrogens with two attached hydrogens (primary N) is 1. The van der Waals surface area contributed by atoms with Crippen molar-refractivity contribution in [1.29, 1.82) is 0 Å². The van der Waals surface area contributed by atoms with Crippen LogP contribution in [0.4, 0.5) is 17.6 Å². The van der Waals surface area contributed by atoms with Crippen LogP contribution in [0.1, 0.15) is 11.3 Å². The van der Waals surface area contributed by atoms with Crippen LogP contribution in [0.15, 0.2) is 18.3 Å². The minimum absolute atomic E-state index is 0.0642. The van der Waals surface area contributed by atoms with Gasteiger partial charge < -0.3 is 5.73 Å². The van der Waals surface area contributed by atoms with Crippen LogP contribution in [-0.4, -0.2) is 14.8 Å². The van der Waals surface area contributed by atoms with E-state index in [9.17, 15) is 17.6 Å². The van der Waals surface area contributed by atoms with E-state index in [1.54, 1.807) is 0 Å². The number of hydrogen-bond donors (Lipinski definition) is 1. The largest absolute Gasteiger partial charge is 0.435 e. The lowest BCUT2D eigenvalue weighted by atomic mass is 10.2. The van der Waals surface area contributed by atoms with Crippen LogP contribution < -0.4 is 5.73 Å². The van der Waals surface area contributed by atoms with E-state index in [0.717, 1.165) is 16.9 Å². The normalized spacial score (nSPS) is 11.9. The second-order valence-electron chi connectivity index (χ2n) is 3.90. The first-order chi connectivity index (χ1) is 8.82. The van der Waals surface area contributed by atoms with Crippen molar-refractivity contribution >= 4 is 0 Å². The molecule has 0 radical (unpaired) electrons. The molecule has 2 N–H and O–H groups in total. The second-order valence-corrected chi connectivity index (χ2v) is 3.90. The zero-order valence-corrected chi connectivity index (χ0v) is 9.87. The summed E-state index contributed by atoms with van der Waals surface area (Å²) in [6.07, 6.45) is -3.61. The highest BCUT2D eigenvalue weighted by molar-refractivity contribution is 5.56. The quantitative estimate of drug-likeness (QED) is 0.853. The summed E-state index contributed by atoms with van der Waals surface area (Å²) >= 11 is 0. The van der Waals surface area contributed by atoms with E-state index in [-0.39, 0.29) is 23.5 Å². The number of nitrogens with zero attached hydrogens (tertiary/aromatic N) is 3. The molecule has 0 aliphatic rings. The first-order valence-corrected chi connectivity index (χ1v) is 5.29. The number of aromatic nitrogens is 3. The number of hydrogen-bond acceptors (Lipinski definition) is 3. The molecule has 19 heavy (non-hydrogen) atoms. The number of aryl methyl sites for hydroxylation is 1. The number of pyridine rings is 1. The van der Waals surface area contributed by atoms with Gasteiger partial charge in [-0.2, -0.15) is 18.3 Å². The van der Waals surface area contributed by atoms with Crippen molar-refractivity contribution in [2.24, 2.45) is 12.8 Å². The van der Waals surface area contributed by atoms with Gasteiger partial charge in [0.2, 0.25) is 0 Å². The fourth-order valence-electron chi connectivity index (χ4n) is 1.62. The molecular formula is C11H10F4N4. The van der Waals surface area contributed by atoms with Gasteiger partial charge in [0.05, 0.1) is 17.6 Å². The van der Waals surface area contributed by atoms with Gasteiger partial charge >= 0.3 is 6.18 Å². The van der Waals surface area contributed by atoms with E-state index in [2.05, 4.69) is 10.1 Å². The van der Waals surface area contributed by atoms with E-state index < -0.39 is 17.7 Å². The Labute approximate surface area is 105 Å². The third-order valence-electron chi connectivity index (χ3n) is 2.59. The zero-order valence-electron chi connectivity index (χ0n) is 9.87. The van der Waals surface area contributed by atoms with Gasteiger partial charge in [-0.05, 0) is 12.1 Å². The van der Waals surface area contributed by atoms with Crippen LogP contribution in [0.2, 0.25) is 0 Å². The summed E-state index contributed by atoms with van der Waals surface area (Å²) in [6.45, 7) is -0.0642. The van der Waals surface area contributed by atoms with Gasteiger partial charge in [-0.15, -0.1) is 0 Å². The lowest BCUT2D eigenvalue weighted by molar-refractivity contribution is -0.141. The van der Waals surface area contributed by atoms with Crippen LogP contribution in [0.25, 0.3) is 11.4 Å². The monoisotopic (exact) mass is 274 g/mol. The smallest absolute Gasteiger partial charge is 0.326 e. The van der Waals surface area contributed by atoms with Crippen molar-refractivity contribution in [1.82, 2.24) is 14.8 Å². The lowest BCUT2D eigenvalue weighted by Gasteiger charge is -2.04. The SMILES string of the molecule is Cn1nc(C(F)(F)F)cc1-c1cc(CN)c(F)cn1. The minimum Gasteiger partial charge on any atom is -0.326 e.